The van der Waals surface area contributed by atoms with Gasteiger partial charge in [0.15, 0.2) is 6.29 Å². The average molecular weight is 165 g/mol. The Bertz CT molecular complexity index is 114. The molecule has 3 heteroatoms. The molecule has 0 amide bonds. The topological polar surface area (TPSA) is 18.5 Å². The Labute approximate surface area is 66.5 Å². The van der Waals surface area contributed by atoms with Gasteiger partial charge in [0, 0.05) is 18.4 Å². The maximum Gasteiger partial charge on any atom is 0.158 e. The molecule has 10 heavy (non-hydrogen) atoms. The summed E-state index contributed by atoms with van der Waals surface area (Å²) >= 11 is 6.09. The summed E-state index contributed by atoms with van der Waals surface area (Å²) in [5.41, 5.74) is 0. The van der Waals surface area contributed by atoms with Gasteiger partial charge in [-0.05, 0) is 13.3 Å². The molecule has 0 N–H and O–H groups in total. The zero-order valence-corrected chi connectivity index (χ0v) is 7.15. The molecule has 1 heterocycles. The lowest BCUT2D eigenvalue weighted by molar-refractivity contribution is -0.152. The minimum absolute atomic E-state index is 0.101. The van der Waals surface area contributed by atoms with Crippen LogP contribution >= 0.6 is 11.6 Å². The van der Waals surface area contributed by atoms with Crippen molar-refractivity contribution in [2.45, 2.75) is 30.9 Å². The van der Waals surface area contributed by atoms with E-state index in [4.69, 9.17) is 21.1 Å². The van der Waals surface area contributed by atoms with E-state index in [0.717, 1.165) is 12.8 Å². The zero-order chi connectivity index (χ0) is 7.61. The smallest absolute Gasteiger partial charge is 0.158 e. The van der Waals surface area contributed by atoms with Crippen LogP contribution in [0.25, 0.3) is 0 Å². The first kappa shape index (κ1) is 8.31. The molecule has 2 atom stereocenters. The maximum absolute atomic E-state index is 6.09. The van der Waals surface area contributed by atoms with Crippen molar-refractivity contribution in [2.75, 3.05) is 13.7 Å². The molecule has 2 nitrogen and oxygen atoms in total. The molecule has 0 aromatic carbocycles. The number of hydrogen-bond acceptors (Lipinski definition) is 2. The average Bonchev–Trinajstić information content (AvgIpc) is 1.86. The van der Waals surface area contributed by atoms with E-state index in [9.17, 15) is 0 Å². The van der Waals surface area contributed by atoms with Crippen molar-refractivity contribution in [1.82, 2.24) is 0 Å². The minimum Gasteiger partial charge on any atom is -0.356 e. The normalized spacial score (nSPS) is 41.7. The SMILES string of the molecule is COC1CC(C)(Cl)CCO1. The van der Waals surface area contributed by atoms with Gasteiger partial charge in [0.1, 0.15) is 0 Å². The lowest BCUT2D eigenvalue weighted by atomic mass is 10.0. The highest BCUT2D eigenvalue weighted by molar-refractivity contribution is 6.23. The van der Waals surface area contributed by atoms with Crippen LogP contribution < -0.4 is 0 Å². The molecule has 2 unspecified atom stereocenters. The molecule has 1 aliphatic heterocycles. The predicted molar refractivity (Wildman–Crippen MR) is 40.2 cm³/mol. The Morgan fingerprint density at radius 2 is 2.40 bits per heavy atom. The van der Waals surface area contributed by atoms with Crippen molar-refractivity contribution in [3.05, 3.63) is 0 Å². The van der Waals surface area contributed by atoms with Crippen LogP contribution in [-0.2, 0) is 9.47 Å². The lowest BCUT2D eigenvalue weighted by Crippen LogP contribution is -2.34. The molecule has 0 aliphatic carbocycles. The minimum atomic E-state index is -0.126. The van der Waals surface area contributed by atoms with Crippen LogP contribution in [0.15, 0.2) is 0 Å². The molecular formula is C7H13ClO2. The van der Waals surface area contributed by atoms with Crippen LogP contribution in [0.2, 0.25) is 0 Å². The fourth-order valence-electron chi connectivity index (χ4n) is 1.06. The second kappa shape index (κ2) is 3.07. The molecule has 0 aromatic rings. The largest absolute Gasteiger partial charge is 0.356 e. The zero-order valence-electron chi connectivity index (χ0n) is 6.39. The van der Waals surface area contributed by atoms with Gasteiger partial charge in [0.2, 0.25) is 0 Å². The summed E-state index contributed by atoms with van der Waals surface area (Å²) in [4.78, 5) is -0.126. The molecule has 0 aromatic heterocycles. The Morgan fingerprint density at radius 1 is 1.70 bits per heavy atom. The Hall–Kier alpha value is 0.210. The van der Waals surface area contributed by atoms with Crippen molar-refractivity contribution >= 4 is 11.6 Å². The van der Waals surface area contributed by atoms with Crippen LogP contribution in [0.1, 0.15) is 19.8 Å². The summed E-state index contributed by atoms with van der Waals surface area (Å²) in [6.07, 6.45) is 1.59. The fourth-order valence-corrected chi connectivity index (χ4v) is 1.27. The highest BCUT2D eigenvalue weighted by Gasteiger charge is 2.30. The number of ether oxygens (including phenoxy) is 2. The molecule has 1 aliphatic rings. The number of hydrogen-bond donors (Lipinski definition) is 0. The quantitative estimate of drug-likeness (QED) is 0.550. The molecule has 1 rings (SSSR count). The predicted octanol–water partition coefficient (Wildman–Crippen LogP) is 1.77. The second-order valence-electron chi connectivity index (χ2n) is 2.90. The number of halogens is 1. The highest BCUT2D eigenvalue weighted by Crippen LogP contribution is 2.30. The third-order valence-corrected chi connectivity index (χ3v) is 2.13. The molecule has 0 radical (unpaired) electrons. The van der Waals surface area contributed by atoms with Crippen LogP contribution in [0.3, 0.4) is 0 Å². The van der Waals surface area contributed by atoms with E-state index in [1.807, 2.05) is 6.92 Å². The van der Waals surface area contributed by atoms with Crippen LogP contribution in [0, 0.1) is 0 Å². The number of methoxy groups -OCH3 is 1. The van der Waals surface area contributed by atoms with E-state index >= 15 is 0 Å². The Balaban J connectivity index is 2.40. The van der Waals surface area contributed by atoms with Crippen LogP contribution in [0.4, 0.5) is 0 Å². The summed E-state index contributed by atoms with van der Waals surface area (Å²) in [7, 11) is 1.64. The van der Waals surface area contributed by atoms with Crippen molar-refractivity contribution in [2.24, 2.45) is 0 Å². The van der Waals surface area contributed by atoms with E-state index in [0.29, 0.717) is 6.61 Å². The number of alkyl halides is 1. The van der Waals surface area contributed by atoms with Crippen LogP contribution in [0.5, 0.6) is 0 Å². The summed E-state index contributed by atoms with van der Waals surface area (Å²) in [5.74, 6) is 0. The maximum atomic E-state index is 6.09. The molecule has 60 valence electrons. The molecule has 1 saturated heterocycles. The van der Waals surface area contributed by atoms with Gasteiger partial charge in [0.05, 0.1) is 6.61 Å². The van der Waals surface area contributed by atoms with E-state index in [-0.39, 0.29) is 11.2 Å². The third-order valence-electron chi connectivity index (χ3n) is 1.78. The van der Waals surface area contributed by atoms with Gasteiger partial charge in [-0.1, -0.05) is 0 Å². The highest BCUT2D eigenvalue weighted by atomic mass is 35.5. The van der Waals surface area contributed by atoms with Crippen LogP contribution in [-0.4, -0.2) is 24.9 Å². The third kappa shape index (κ3) is 2.11. The monoisotopic (exact) mass is 164 g/mol. The van der Waals surface area contributed by atoms with Gasteiger partial charge >= 0.3 is 0 Å². The van der Waals surface area contributed by atoms with E-state index in [1.165, 1.54) is 0 Å². The van der Waals surface area contributed by atoms with Gasteiger partial charge in [-0.2, -0.15) is 0 Å². The summed E-state index contributed by atoms with van der Waals surface area (Å²) in [5, 5.41) is 0. The summed E-state index contributed by atoms with van der Waals surface area (Å²) in [6.45, 7) is 2.72. The lowest BCUT2D eigenvalue weighted by Gasteiger charge is -2.32. The summed E-state index contributed by atoms with van der Waals surface area (Å²) < 4.78 is 10.3. The first-order chi connectivity index (χ1) is 4.64. The number of rotatable bonds is 1. The van der Waals surface area contributed by atoms with Gasteiger partial charge in [0.25, 0.3) is 0 Å². The molecule has 0 spiro atoms. The van der Waals surface area contributed by atoms with E-state index in [1.54, 1.807) is 7.11 Å². The van der Waals surface area contributed by atoms with Crippen molar-refractivity contribution < 1.29 is 9.47 Å². The van der Waals surface area contributed by atoms with Crippen molar-refractivity contribution in [3.63, 3.8) is 0 Å². The standard InChI is InChI=1S/C7H13ClO2/c1-7(8)3-4-10-6(5-7)9-2/h6H,3-5H2,1-2H3. The van der Waals surface area contributed by atoms with Gasteiger partial charge in [-0.3, -0.25) is 0 Å². The van der Waals surface area contributed by atoms with Gasteiger partial charge in [-0.25, -0.2) is 0 Å². The Morgan fingerprint density at radius 3 is 2.80 bits per heavy atom. The molecular weight excluding hydrogens is 152 g/mol. The first-order valence-corrected chi connectivity index (χ1v) is 3.85. The van der Waals surface area contributed by atoms with E-state index < -0.39 is 0 Å². The van der Waals surface area contributed by atoms with Crippen molar-refractivity contribution in [1.29, 1.82) is 0 Å². The molecule has 0 saturated carbocycles. The molecule has 1 fully saturated rings. The van der Waals surface area contributed by atoms with Gasteiger partial charge in [-0.15, -0.1) is 11.6 Å². The Kier molecular flexibility index (Phi) is 2.55. The van der Waals surface area contributed by atoms with E-state index in [2.05, 4.69) is 0 Å². The first-order valence-electron chi connectivity index (χ1n) is 3.47. The summed E-state index contributed by atoms with van der Waals surface area (Å²) in [6, 6.07) is 0. The van der Waals surface area contributed by atoms with Gasteiger partial charge < -0.3 is 9.47 Å². The van der Waals surface area contributed by atoms with Crippen molar-refractivity contribution in [3.8, 4) is 0 Å². The molecule has 0 bridgehead atoms. The second-order valence-corrected chi connectivity index (χ2v) is 3.82. The fraction of sp³-hybridized carbons (Fsp3) is 1.00.